The molecule has 2 aromatic rings. The van der Waals surface area contributed by atoms with Gasteiger partial charge >= 0.3 is 6.18 Å². The zero-order valence-electron chi connectivity index (χ0n) is 16.4. The lowest BCUT2D eigenvalue weighted by molar-refractivity contribution is -0.187. The van der Waals surface area contributed by atoms with Gasteiger partial charge in [0, 0.05) is 23.2 Å². The van der Waals surface area contributed by atoms with Gasteiger partial charge in [-0.3, -0.25) is 9.69 Å². The van der Waals surface area contributed by atoms with Crippen LogP contribution in [0.15, 0.2) is 35.7 Å². The molecule has 3 heterocycles. The van der Waals surface area contributed by atoms with Crippen LogP contribution >= 0.6 is 11.3 Å². The maximum Gasteiger partial charge on any atom is 0.393 e. The van der Waals surface area contributed by atoms with Crippen LogP contribution in [0.3, 0.4) is 0 Å². The van der Waals surface area contributed by atoms with Gasteiger partial charge in [0.05, 0.1) is 19.0 Å². The summed E-state index contributed by atoms with van der Waals surface area (Å²) in [6.45, 7) is 1.57. The number of ether oxygens (including phenoxy) is 2. The van der Waals surface area contributed by atoms with Gasteiger partial charge in [-0.15, -0.1) is 11.3 Å². The first-order chi connectivity index (χ1) is 14.4. The van der Waals surface area contributed by atoms with Crippen molar-refractivity contribution in [1.82, 2.24) is 4.90 Å². The van der Waals surface area contributed by atoms with E-state index in [-0.39, 0.29) is 25.4 Å². The highest BCUT2D eigenvalue weighted by Crippen LogP contribution is 2.36. The van der Waals surface area contributed by atoms with E-state index in [1.807, 2.05) is 17.5 Å². The molecule has 1 aromatic heterocycles. The summed E-state index contributed by atoms with van der Waals surface area (Å²) >= 11 is 1.53. The molecule has 2 aliphatic rings. The van der Waals surface area contributed by atoms with Gasteiger partial charge in [-0.05, 0) is 43.0 Å². The van der Waals surface area contributed by atoms with E-state index in [0.29, 0.717) is 49.9 Å². The standard InChI is InChI=1S/C21H23F3N2O3S/c22-21(23,24)15-3-1-7-25(12-15)14-20(27)26(13-17-4-2-10-30-17)16-5-6-18-19(11-16)29-9-8-28-18/h2,4-6,10-11,15H,1,3,7-9,12-14H2/t15-/m1/s1. The number of anilines is 1. The highest BCUT2D eigenvalue weighted by atomic mass is 32.1. The predicted molar refractivity (Wildman–Crippen MR) is 108 cm³/mol. The van der Waals surface area contributed by atoms with E-state index in [1.54, 1.807) is 28.0 Å². The molecule has 0 radical (unpaired) electrons. The quantitative estimate of drug-likeness (QED) is 0.694. The normalized spacial score (nSPS) is 19.5. The SMILES string of the molecule is O=C(CN1CCC[C@@H](C(F)(F)F)C1)N(Cc1cccs1)c1ccc2c(c1)OCCO2. The molecule has 2 aliphatic heterocycles. The Labute approximate surface area is 177 Å². The Hall–Kier alpha value is -2.26. The Bertz CT molecular complexity index is 873. The van der Waals surface area contributed by atoms with Crippen molar-refractivity contribution in [2.24, 2.45) is 5.92 Å². The first-order valence-electron chi connectivity index (χ1n) is 9.91. The van der Waals surface area contributed by atoms with Crippen molar-refractivity contribution < 1.29 is 27.4 Å². The van der Waals surface area contributed by atoms with Crippen LogP contribution in [0.1, 0.15) is 17.7 Å². The largest absolute Gasteiger partial charge is 0.486 e. The number of hydrogen-bond donors (Lipinski definition) is 0. The average molecular weight is 440 g/mol. The Morgan fingerprint density at radius 3 is 2.73 bits per heavy atom. The number of likely N-dealkylation sites (tertiary alicyclic amines) is 1. The number of hydrogen-bond acceptors (Lipinski definition) is 5. The van der Waals surface area contributed by atoms with Crippen molar-refractivity contribution in [3.8, 4) is 11.5 Å². The Morgan fingerprint density at radius 2 is 2.00 bits per heavy atom. The Kier molecular flexibility index (Phi) is 6.19. The highest BCUT2D eigenvalue weighted by Gasteiger charge is 2.42. The molecule has 0 unspecified atom stereocenters. The predicted octanol–water partition coefficient (Wildman–Crippen LogP) is 4.33. The summed E-state index contributed by atoms with van der Waals surface area (Å²) in [7, 11) is 0. The molecule has 0 N–H and O–H groups in total. The highest BCUT2D eigenvalue weighted by molar-refractivity contribution is 7.09. The van der Waals surface area contributed by atoms with Crippen LogP contribution < -0.4 is 14.4 Å². The molecule has 0 saturated carbocycles. The van der Waals surface area contributed by atoms with Gasteiger partial charge < -0.3 is 14.4 Å². The van der Waals surface area contributed by atoms with Gasteiger partial charge in [0.15, 0.2) is 11.5 Å². The number of carbonyl (C=O) groups excluding carboxylic acids is 1. The van der Waals surface area contributed by atoms with E-state index >= 15 is 0 Å². The molecule has 0 spiro atoms. The number of thiophene rings is 1. The fraction of sp³-hybridized carbons (Fsp3) is 0.476. The van der Waals surface area contributed by atoms with E-state index in [4.69, 9.17) is 9.47 Å². The Balaban J connectivity index is 1.53. The van der Waals surface area contributed by atoms with Crippen LogP contribution in [0.2, 0.25) is 0 Å². The molecule has 1 aromatic carbocycles. The van der Waals surface area contributed by atoms with Crippen LogP contribution in [0.5, 0.6) is 11.5 Å². The number of piperidine rings is 1. The molecule has 4 rings (SSSR count). The van der Waals surface area contributed by atoms with Crippen LogP contribution in [0.25, 0.3) is 0 Å². The summed E-state index contributed by atoms with van der Waals surface area (Å²) < 4.78 is 50.6. The summed E-state index contributed by atoms with van der Waals surface area (Å²) in [5.41, 5.74) is 0.641. The number of fused-ring (bicyclic) bond motifs is 1. The number of alkyl halides is 3. The molecule has 0 aliphatic carbocycles. The van der Waals surface area contributed by atoms with Crippen molar-refractivity contribution in [2.75, 3.05) is 37.7 Å². The third-order valence-corrected chi connectivity index (χ3v) is 6.22. The maximum absolute atomic E-state index is 13.2. The van der Waals surface area contributed by atoms with Gasteiger partial charge in [-0.1, -0.05) is 6.07 Å². The number of amides is 1. The van der Waals surface area contributed by atoms with Gasteiger partial charge in [0.2, 0.25) is 5.91 Å². The summed E-state index contributed by atoms with van der Waals surface area (Å²) in [4.78, 5) is 17.4. The summed E-state index contributed by atoms with van der Waals surface area (Å²) in [6.07, 6.45) is -3.67. The molecular weight excluding hydrogens is 417 g/mol. The van der Waals surface area contributed by atoms with E-state index in [1.165, 1.54) is 11.3 Å². The van der Waals surface area contributed by atoms with Crippen LogP contribution in [0, 0.1) is 5.92 Å². The fourth-order valence-corrected chi connectivity index (χ4v) is 4.52. The molecule has 0 bridgehead atoms. The minimum Gasteiger partial charge on any atom is -0.486 e. The number of nitrogens with zero attached hydrogens (tertiary/aromatic N) is 2. The maximum atomic E-state index is 13.2. The zero-order chi connectivity index (χ0) is 21.1. The van der Waals surface area contributed by atoms with Crippen molar-refractivity contribution >= 4 is 22.9 Å². The molecule has 162 valence electrons. The minimum atomic E-state index is -4.23. The smallest absolute Gasteiger partial charge is 0.393 e. The van der Waals surface area contributed by atoms with Gasteiger partial charge in [0.25, 0.3) is 0 Å². The lowest BCUT2D eigenvalue weighted by atomic mass is 9.97. The average Bonchev–Trinajstić information content (AvgIpc) is 3.24. The van der Waals surface area contributed by atoms with Crippen molar-refractivity contribution in [2.45, 2.75) is 25.6 Å². The number of benzene rings is 1. The monoisotopic (exact) mass is 440 g/mol. The molecule has 1 atom stereocenters. The number of carbonyl (C=O) groups is 1. The van der Waals surface area contributed by atoms with Crippen LogP contribution in [0.4, 0.5) is 18.9 Å². The van der Waals surface area contributed by atoms with E-state index in [0.717, 1.165) is 4.88 Å². The second-order valence-corrected chi connectivity index (χ2v) is 8.54. The third-order valence-electron chi connectivity index (χ3n) is 5.36. The first-order valence-corrected chi connectivity index (χ1v) is 10.8. The van der Waals surface area contributed by atoms with Crippen molar-refractivity contribution in [3.05, 3.63) is 40.6 Å². The molecule has 1 saturated heterocycles. The van der Waals surface area contributed by atoms with Crippen molar-refractivity contribution in [3.63, 3.8) is 0 Å². The summed E-state index contributed by atoms with van der Waals surface area (Å²) in [6, 6.07) is 9.15. The first kappa shape index (κ1) is 21.0. The topological polar surface area (TPSA) is 42.0 Å². The van der Waals surface area contributed by atoms with E-state index in [9.17, 15) is 18.0 Å². The zero-order valence-corrected chi connectivity index (χ0v) is 17.2. The van der Waals surface area contributed by atoms with Crippen LogP contribution in [-0.2, 0) is 11.3 Å². The number of halogens is 3. The Morgan fingerprint density at radius 1 is 1.20 bits per heavy atom. The molecular formula is C21H23F3N2O3S. The third kappa shape index (κ3) is 4.89. The minimum absolute atomic E-state index is 0.0492. The van der Waals surface area contributed by atoms with Crippen LogP contribution in [-0.4, -0.2) is 49.8 Å². The van der Waals surface area contributed by atoms with Gasteiger partial charge in [-0.25, -0.2) is 0 Å². The fourth-order valence-electron chi connectivity index (χ4n) is 3.82. The van der Waals surface area contributed by atoms with Crippen molar-refractivity contribution in [1.29, 1.82) is 0 Å². The van der Waals surface area contributed by atoms with Gasteiger partial charge in [0.1, 0.15) is 13.2 Å². The molecule has 5 nitrogen and oxygen atoms in total. The lowest BCUT2D eigenvalue weighted by Crippen LogP contribution is -2.47. The molecule has 30 heavy (non-hydrogen) atoms. The molecule has 9 heteroatoms. The lowest BCUT2D eigenvalue weighted by Gasteiger charge is -2.34. The number of rotatable bonds is 5. The summed E-state index contributed by atoms with van der Waals surface area (Å²) in [5.74, 6) is -0.419. The summed E-state index contributed by atoms with van der Waals surface area (Å²) in [5, 5.41) is 1.93. The molecule has 1 amide bonds. The van der Waals surface area contributed by atoms with Gasteiger partial charge in [-0.2, -0.15) is 13.2 Å². The van der Waals surface area contributed by atoms with E-state index < -0.39 is 12.1 Å². The second-order valence-electron chi connectivity index (χ2n) is 7.50. The second kappa shape index (κ2) is 8.85. The molecule has 1 fully saturated rings. The van der Waals surface area contributed by atoms with E-state index in [2.05, 4.69) is 0 Å².